The van der Waals surface area contributed by atoms with Crippen molar-refractivity contribution in [1.82, 2.24) is 9.66 Å². The van der Waals surface area contributed by atoms with Crippen molar-refractivity contribution in [3.8, 4) is 11.3 Å². The maximum atomic E-state index is 13.1. The predicted octanol–water partition coefficient (Wildman–Crippen LogP) is 3.41. The SMILES string of the molecule is Cl.Cl.NC(=NO)c1cccc2c1CC/C2=N\n1cc(-c2ccc(F)cc2)nc1N. The molecule has 0 bridgehead atoms. The van der Waals surface area contributed by atoms with E-state index in [0.29, 0.717) is 17.7 Å². The minimum absolute atomic E-state index is 0. The van der Waals surface area contributed by atoms with E-state index < -0.39 is 0 Å². The van der Waals surface area contributed by atoms with Crippen molar-refractivity contribution in [1.29, 1.82) is 0 Å². The molecule has 0 amide bonds. The molecule has 1 heterocycles. The molecule has 0 fully saturated rings. The lowest BCUT2D eigenvalue weighted by Gasteiger charge is -2.06. The average molecular weight is 437 g/mol. The number of aromatic nitrogens is 2. The fraction of sp³-hybridized carbons (Fsp3) is 0.105. The van der Waals surface area contributed by atoms with Crippen LogP contribution in [0.2, 0.25) is 0 Å². The molecule has 0 spiro atoms. The molecule has 0 atom stereocenters. The van der Waals surface area contributed by atoms with E-state index in [-0.39, 0.29) is 42.4 Å². The van der Waals surface area contributed by atoms with Crippen LogP contribution in [0.1, 0.15) is 23.1 Å². The Morgan fingerprint density at radius 2 is 1.83 bits per heavy atom. The predicted molar refractivity (Wildman–Crippen MR) is 116 cm³/mol. The molecule has 10 heteroatoms. The summed E-state index contributed by atoms with van der Waals surface area (Å²) >= 11 is 0. The summed E-state index contributed by atoms with van der Waals surface area (Å²) in [5.74, 6) is 0.00663. The first-order chi connectivity index (χ1) is 13.1. The van der Waals surface area contributed by atoms with Gasteiger partial charge in [0.2, 0.25) is 5.95 Å². The van der Waals surface area contributed by atoms with Gasteiger partial charge in [0, 0.05) is 16.7 Å². The van der Waals surface area contributed by atoms with Gasteiger partial charge in [-0.25, -0.2) is 14.1 Å². The number of fused-ring (bicyclic) bond motifs is 1. The van der Waals surface area contributed by atoms with Gasteiger partial charge < -0.3 is 16.7 Å². The zero-order valence-electron chi connectivity index (χ0n) is 15.1. The lowest BCUT2D eigenvalue weighted by atomic mass is 10.0. The summed E-state index contributed by atoms with van der Waals surface area (Å²) in [6.45, 7) is 0. The smallest absolute Gasteiger partial charge is 0.221 e. The van der Waals surface area contributed by atoms with E-state index in [0.717, 1.165) is 28.8 Å². The number of halogens is 3. The topological polar surface area (TPSA) is 115 Å². The number of oxime groups is 1. The van der Waals surface area contributed by atoms with E-state index >= 15 is 0 Å². The number of rotatable bonds is 3. The van der Waals surface area contributed by atoms with Crippen LogP contribution < -0.4 is 11.5 Å². The lowest BCUT2D eigenvalue weighted by Crippen LogP contribution is -2.15. The summed E-state index contributed by atoms with van der Waals surface area (Å²) in [7, 11) is 0. The van der Waals surface area contributed by atoms with Crippen molar-refractivity contribution in [3.05, 3.63) is 71.2 Å². The van der Waals surface area contributed by atoms with Gasteiger partial charge in [-0.3, -0.25) is 0 Å². The molecule has 1 aromatic heterocycles. The fourth-order valence-corrected chi connectivity index (χ4v) is 3.26. The first kappa shape index (κ1) is 22.2. The van der Waals surface area contributed by atoms with Crippen LogP contribution in [0.25, 0.3) is 11.3 Å². The number of imidazole rings is 1. The number of benzene rings is 2. The summed E-state index contributed by atoms with van der Waals surface area (Å²) in [6.07, 6.45) is 3.15. The Balaban J connectivity index is 0.00000150. The van der Waals surface area contributed by atoms with Crippen molar-refractivity contribution < 1.29 is 9.60 Å². The maximum absolute atomic E-state index is 13.1. The summed E-state index contributed by atoms with van der Waals surface area (Å²) < 4.78 is 14.6. The van der Waals surface area contributed by atoms with E-state index in [9.17, 15) is 4.39 Å². The number of hydrogen-bond donors (Lipinski definition) is 3. The van der Waals surface area contributed by atoms with Crippen molar-refractivity contribution in [2.75, 3.05) is 5.73 Å². The minimum Gasteiger partial charge on any atom is -0.409 e. The zero-order valence-corrected chi connectivity index (χ0v) is 16.8. The van der Waals surface area contributed by atoms with Gasteiger partial charge in [0.1, 0.15) is 5.82 Å². The normalized spacial score (nSPS) is 14.2. The highest BCUT2D eigenvalue weighted by Gasteiger charge is 2.22. The molecule has 7 nitrogen and oxygen atoms in total. The number of nitrogen functional groups attached to an aromatic ring is 1. The van der Waals surface area contributed by atoms with Crippen LogP contribution in [0.4, 0.5) is 10.3 Å². The van der Waals surface area contributed by atoms with Crippen LogP contribution in [0.3, 0.4) is 0 Å². The highest BCUT2D eigenvalue weighted by atomic mass is 35.5. The van der Waals surface area contributed by atoms with E-state index in [4.69, 9.17) is 16.7 Å². The van der Waals surface area contributed by atoms with Crippen LogP contribution in [-0.4, -0.2) is 26.4 Å². The van der Waals surface area contributed by atoms with E-state index in [1.54, 1.807) is 18.3 Å². The molecule has 2 aromatic carbocycles. The van der Waals surface area contributed by atoms with Gasteiger partial charge in [-0.2, -0.15) is 5.10 Å². The Hall–Kier alpha value is -3.10. The second-order valence-electron chi connectivity index (χ2n) is 6.20. The van der Waals surface area contributed by atoms with Crippen molar-refractivity contribution in [3.63, 3.8) is 0 Å². The van der Waals surface area contributed by atoms with Gasteiger partial charge in [-0.05, 0) is 42.7 Å². The summed E-state index contributed by atoms with van der Waals surface area (Å²) in [6, 6.07) is 11.6. The molecule has 1 aliphatic carbocycles. The summed E-state index contributed by atoms with van der Waals surface area (Å²) in [4.78, 5) is 4.31. The van der Waals surface area contributed by atoms with Crippen LogP contribution in [0, 0.1) is 5.82 Å². The third-order valence-electron chi connectivity index (χ3n) is 4.57. The van der Waals surface area contributed by atoms with Crippen molar-refractivity contribution >= 4 is 42.3 Å². The first-order valence-electron chi connectivity index (χ1n) is 8.35. The number of nitrogens with two attached hydrogens (primary N) is 2. The molecule has 0 unspecified atom stereocenters. The third kappa shape index (κ3) is 4.18. The third-order valence-corrected chi connectivity index (χ3v) is 4.57. The van der Waals surface area contributed by atoms with Crippen molar-refractivity contribution in [2.45, 2.75) is 12.8 Å². The molecular formula is C19H19Cl2FN6O. The van der Waals surface area contributed by atoms with Gasteiger partial charge in [-0.1, -0.05) is 23.4 Å². The Morgan fingerprint density at radius 3 is 2.52 bits per heavy atom. The zero-order chi connectivity index (χ0) is 19.0. The molecule has 1 aliphatic rings. The average Bonchev–Trinajstić information content (AvgIpc) is 3.26. The first-order valence-corrected chi connectivity index (χ1v) is 8.35. The summed E-state index contributed by atoms with van der Waals surface area (Å²) in [5.41, 5.74) is 16.6. The quantitative estimate of drug-likeness (QED) is 0.252. The van der Waals surface area contributed by atoms with E-state index in [1.165, 1.54) is 16.8 Å². The summed E-state index contributed by atoms with van der Waals surface area (Å²) in [5, 5.41) is 16.7. The van der Waals surface area contributed by atoms with Crippen molar-refractivity contribution in [2.24, 2.45) is 16.0 Å². The Labute approximate surface area is 178 Å². The van der Waals surface area contributed by atoms with Crippen LogP contribution in [0.5, 0.6) is 0 Å². The molecule has 0 aliphatic heterocycles. The number of nitrogens with zero attached hydrogens (tertiary/aromatic N) is 4. The monoisotopic (exact) mass is 436 g/mol. The largest absolute Gasteiger partial charge is 0.409 e. The lowest BCUT2D eigenvalue weighted by molar-refractivity contribution is 0.318. The second-order valence-corrected chi connectivity index (χ2v) is 6.20. The fourth-order valence-electron chi connectivity index (χ4n) is 3.26. The second kappa shape index (κ2) is 8.93. The molecule has 0 saturated carbocycles. The van der Waals surface area contributed by atoms with E-state index in [2.05, 4.69) is 15.2 Å². The Morgan fingerprint density at radius 1 is 1.10 bits per heavy atom. The van der Waals surface area contributed by atoms with Gasteiger partial charge in [0.15, 0.2) is 5.84 Å². The number of anilines is 1. The van der Waals surface area contributed by atoms with E-state index in [1.807, 2.05) is 18.2 Å². The standard InChI is InChI=1S/C19H17FN6O.2ClH/c20-12-6-4-11(5-7-12)17-10-26(19(22)23-17)24-16-9-8-13-14(16)2-1-3-15(13)18(21)25-27;;/h1-7,10,27H,8-9H2,(H2,21,25)(H2,22,23);2*1H/b24-16+;;. The molecule has 152 valence electrons. The molecule has 4 rings (SSSR count). The van der Waals surface area contributed by atoms with Crippen LogP contribution in [-0.2, 0) is 6.42 Å². The number of amidine groups is 1. The molecule has 0 saturated heterocycles. The Kier molecular flexibility index (Phi) is 6.84. The van der Waals surface area contributed by atoms with Gasteiger partial charge in [0.25, 0.3) is 0 Å². The molecule has 5 N–H and O–H groups in total. The minimum atomic E-state index is -0.310. The maximum Gasteiger partial charge on any atom is 0.221 e. The molecular weight excluding hydrogens is 418 g/mol. The van der Waals surface area contributed by atoms with Gasteiger partial charge in [-0.15, -0.1) is 24.8 Å². The highest BCUT2D eigenvalue weighted by Crippen LogP contribution is 2.27. The number of hydrogen-bond acceptors (Lipinski definition) is 5. The van der Waals surface area contributed by atoms with Gasteiger partial charge >= 0.3 is 0 Å². The molecule has 3 aromatic rings. The van der Waals surface area contributed by atoms with Gasteiger partial charge in [0.05, 0.1) is 17.6 Å². The Bertz CT molecular complexity index is 1080. The molecule has 0 radical (unpaired) electrons. The van der Waals surface area contributed by atoms with Crippen LogP contribution in [0.15, 0.2) is 58.9 Å². The molecule has 29 heavy (non-hydrogen) atoms. The van der Waals surface area contributed by atoms with Crippen LogP contribution >= 0.6 is 24.8 Å². The highest BCUT2D eigenvalue weighted by molar-refractivity contribution is 6.09.